The van der Waals surface area contributed by atoms with E-state index < -0.39 is 0 Å². The number of rotatable bonds is 3. The first-order valence-corrected chi connectivity index (χ1v) is 8.15. The molecule has 0 aliphatic carbocycles. The highest BCUT2D eigenvalue weighted by atomic mass is 32.2. The van der Waals surface area contributed by atoms with Crippen LogP contribution in [0.3, 0.4) is 0 Å². The molecular formula is C16H10N2O2S2. The zero-order chi connectivity index (χ0) is 15.5. The molecule has 0 bridgehead atoms. The van der Waals surface area contributed by atoms with E-state index in [1.54, 1.807) is 30.3 Å². The van der Waals surface area contributed by atoms with Crippen molar-refractivity contribution in [3.63, 3.8) is 0 Å². The SMILES string of the molecule is N#Cc1ccccc1CN1C(=O)S/C(=C/c2cccs2)C1=O. The monoisotopic (exact) mass is 326 g/mol. The fourth-order valence-electron chi connectivity index (χ4n) is 2.08. The van der Waals surface area contributed by atoms with Gasteiger partial charge in [-0.15, -0.1) is 11.3 Å². The molecule has 1 aromatic heterocycles. The highest BCUT2D eigenvalue weighted by molar-refractivity contribution is 8.18. The van der Waals surface area contributed by atoms with Crippen LogP contribution in [0.1, 0.15) is 16.0 Å². The van der Waals surface area contributed by atoms with Crippen molar-refractivity contribution in [1.29, 1.82) is 5.26 Å². The molecule has 1 aromatic carbocycles. The largest absolute Gasteiger partial charge is 0.293 e. The third kappa shape index (κ3) is 2.82. The predicted molar refractivity (Wildman–Crippen MR) is 87.0 cm³/mol. The first-order chi connectivity index (χ1) is 10.7. The summed E-state index contributed by atoms with van der Waals surface area (Å²) < 4.78 is 0. The second-order valence-electron chi connectivity index (χ2n) is 4.55. The molecule has 0 saturated carbocycles. The van der Waals surface area contributed by atoms with Crippen molar-refractivity contribution in [1.82, 2.24) is 4.90 Å². The highest BCUT2D eigenvalue weighted by Gasteiger charge is 2.35. The van der Waals surface area contributed by atoms with Gasteiger partial charge in [0.05, 0.1) is 23.1 Å². The van der Waals surface area contributed by atoms with E-state index in [1.165, 1.54) is 16.2 Å². The standard InChI is InChI=1S/C16H10N2O2S2/c17-9-11-4-1-2-5-12(11)10-18-15(19)14(22-16(18)20)8-13-6-3-7-21-13/h1-8H,10H2/b14-8+. The number of carbonyl (C=O) groups excluding carboxylic acids is 2. The molecule has 1 aliphatic heterocycles. The van der Waals surface area contributed by atoms with E-state index in [4.69, 9.17) is 5.26 Å². The molecule has 4 nitrogen and oxygen atoms in total. The number of imide groups is 1. The Kier molecular flexibility index (Phi) is 4.09. The predicted octanol–water partition coefficient (Wildman–Crippen LogP) is 3.86. The molecule has 2 heterocycles. The highest BCUT2D eigenvalue weighted by Crippen LogP contribution is 2.34. The Hall–Kier alpha value is -2.36. The minimum absolute atomic E-state index is 0.121. The van der Waals surface area contributed by atoms with Crippen molar-refractivity contribution in [2.45, 2.75) is 6.54 Å². The second kappa shape index (κ2) is 6.18. The van der Waals surface area contributed by atoms with Gasteiger partial charge in [-0.2, -0.15) is 5.26 Å². The van der Waals surface area contributed by atoms with E-state index in [1.807, 2.05) is 17.5 Å². The van der Waals surface area contributed by atoms with Gasteiger partial charge in [0, 0.05) is 4.88 Å². The zero-order valence-electron chi connectivity index (χ0n) is 11.4. The summed E-state index contributed by atoms with van der Waals surface area (Å²) in [5, 5.41) is 10.7. The second-order valence-corrected chi connectivity index (χ2v) is 6.52. The summed E-state index contributed by atoms with van der Waals surface area (Å²) in [5.74, 6) is -0.309. The molecule has 3 rings (SSSR count). The number of nitrogens with zero attached hydrogens (tertiary/aromatic N) is 2. The van der Waals surface area contributed by atoms with Crippen LogP contribution in [0.4, 0.5) is 4.79 Å². The van der Waals surface area contributed by atoms with Crippen LogP contribution in [0.25, 0.3) is 6.08 Å². The van der Waals surface area contributed by atoms with Gasteiger partial charge in [-0.1, -0.05) is 24.3 Å². The number of thioether (sulfide) groups is 1. The van der Waals surface area contributed by atoms with Gasteiger partial charge in [-0.25, -0.2) is 0 Å². The Morgan fingerprint density at radius 1 is 1.18 bits per heavy atom. The average molecular weight is 326 g/mol. The van der Waals surface area contributed by atoms with Gasteiger partial charge in [0.2, 0.25) is 0 Å². The number of benzene rings is 1. The van der Waals surface area contributed by atoms with Crippen molar-refractivity contribution in [3.05, 3.63) is 62.7 Å². The van der Waals surface area contributed by atoms with Gasteiger partial charge in [-0.05, 0) is 40.9 Å². The third-order valence-corrected chi connectivity index (χ3v) is 4.88. The molecular weight excluding hydrogens is 316 g/mol. The van der Waals surface area contributed by atoms with E-state index in [9.17, 15) is 9.59 Å². The molecule has 1 fully saturated rings. The van der Waals surface area contributed by atoms with Gasteiger partial charge < -0.3 is 0 Å². The fourth-order valence-corrected chi connectivity index (χ4v) is 3.64. The van der Waals surface area contributed by atoms with E-state index in [-0.39, 0.29) is 17.7 Å². The van der Waals surface area contributed by atoms with Crippen LogP contribution in [0.2, 0.25) is 0 Å². The van der Waals surface area contributed by atoms with Crippen molar-refractivity contribution < 1.29 is 9.59 Å². The molecule has 108 valence electrons. The van der Waals surface area contributed by atoms with Crippen LogP contribution in [0, 0.1) is 11.3 Å². The quantitative estimate of drug-likeness (QED) is 0.804. The van der Waals surface area contributed by atoms with Crippen molar-refractivity contribution in [3.8, 4) is 6.07 Å². The topological polar surface area (TPSA) is 61.2 Å². The first-order valence-electron chi connectivity index (χ1n) is 6.46. The lowest BCUT2D eigenvalue weighted by Crippen LogP contribution is -2.27. The summed E-state index contributed by atoms with van der Waals surface area (Å²) in [6.45, 7) is 0.121. The van der Waals surface area contributed by atoms with Crippen LogP contribution < -0.4 is 0 Å². The van der Waals surface area contributed by atoms with Gasteiger partial charge >= 0.3 is 0 Å². The molecule has 2 aromatic rings. The van der Waals surface area contributed by atoms with Gasteiger partial charge in [0.25, 0.3) is 11.1 Å². The van der Waals surface area contributed by atoms with Crippen LogP contribution in [0.15, 0.2) is 46.7 Å². The summed E-state index contributed by atoms with van der Waals surface area (Å²) in [6, 6.07) is 12.8. The van der Waals surface area contributed by atoms with E-state index >= 15 is 0 Å². The fraction of sp³-hybridized carbons (Fsp3) is 0.0625. The van der Waals surface area contributed by atoms with Crippen LogP contribution in [-0.2, 0) is 11.3 Å². The summed E-state index contributed by atoms with van der Waals surface area (Å²) in [5.41, 5.74) is 1.15. The number of hydrogen-bond donors (Lipinski definition) is 0. The van der Waals surface area contributed by atoms with Crippen LogP contribution in [-0.4, -0.2) is 16.0 Å². The molecule has 0 N–H and O–H groups in total. The molecule has 1 saturated heterocycles. The number of thiophene rings is 1. The van der Waals surface area contributed by atoms with E-state index in [0.29, 0.717) is 16.0 Å². The summed E-state index contributed by atoms with van der Waals surface area (Å²) in [4.78, 5) is 27.0. The number of hydrogen-bond acceptors (Lipinski definition) is 5. The number of nitriles is 1. The van der Waals surface area contributed by atoms with Gasteiger partial charge in [0.15, 0.2) is 0 Å². The number of carbonyl (C=O) groups is 2. The summed E-state index contributed by atoms with van der Waals surface area (Å²) >= 11 is 2.44. The molecule has 0 unspecified atom stereocenters. The maximum Gasteiger partial charge on any atom is 0.293 e. The Balaban J connectivity index is 1.85. The van der Waals surface area contributed by atoms with E-state index in [2.05, 4.69) is 6.07 Å². The Labute approximate surface area is 135 Å². The maximum atomic E-state index is 12.4. The molecule has 1 aliphatic rings. The minimum Gasteiger partial charge on any atom is -0.268 e. The van der Waals surface area contributed by atoms with E-state index in [0.717, 1.165) is 16.6 Å². The lowest BCUT2D eigenvalue weighted by Gasteiger charge is -2.13. The normalized spacial score (nSPS) is 16.3. The Bertz CT molecular complexity index is 804. The third-order valence-electron chi connectivity index (χ3n) is 3.16. The molecule has 0 spiro atoms. The smallest absolute Gasteiger partial charge is 0.268 e. The van der Waals surface area contributed by atoms with Gasteiger partial charge in [0.1, 0.15) is 0 Å². The zero-order valence-corrected chi connectivity index (χ0v) is 13.0. The molecule has 6 heteroatoms. The van der Waals surface area contributed by atoms with Crippen LogP contribution >= 0.6 is 23.1 Å². The maximum absolute atomic E-state index is 12.4. The minimum atomic E-state index is -0.309. The van der Waals surface area contributed by atoms with Crippen molar-refractivity contribution >= 4 is 40.3 Å². The Morgan fingerprint density at radius 3 is 2.73 bits per heavy atom. The molecule has 22 heavy (non-hydrogen) atoms. The first kappa shape index (κ1) is 14.6. The summed E-state index contributed by atoms with van der Waals surface area (Å²) in [7, 11) is 0. The number of amides is 2. The van der Waals surface area contributed by atoms with Crippen molar-refractivity contribution in [2.75, 3.05) is 0 Å². The lowest BCUT2D eigenvalue weighted by molar-refractivity contribution is -0.123. The molecule has 0 atom stereocenters. The lowest BCUT2D eigenvalue weighted by atomic mass is 10.1. The van der Waals surface area contributed by atoms with Crippen molar-refractivity contribution in [2.24, 2.45) is 0 Å². The van der Waals surface area contributed by atoms with Crippen LogP contribution in [0.5, 0.6) is 0 Å². The van der Waals surface area contributed by atoms with Gasteiger partial charge in [-0.3, -0.25) is 14.5 Å². The molecule has 2 amide bonds. The Morgan fingerprint density at radius 2 is 2.00 bits per heavy atom. The molecule has 0 radical (unpaired) electrons. The summed E-state index contributed by atoms with van der Waals surface area (Å²) in [6.07, 6.45) is 1.73. The average Bonchev–Trinajstić information content (AvgIpc) is 3.12.